The monoisotopic (exact) mass is 493 g/mol. The van der Waals surface area contributed by atoms with E-state index >= 15 is 0 Å². The summed E-state index contributed by atoms with van der Waals surface area (Å²) in [7, 11) is 0. The number of rotatable bonds is 6. The number of benzene rings is 3. The minimum absolute atomic E-state index is 0.507. The average molecular weight is 494 g/mol. The third kappa shape index (κ3) is 4.80. The molecule has 0 saturated heterocycles. The molecule has 1 aromatic heterocycles. The molecule has 4 rings (SSSR count). The summed E-state index contributed by atoms with van der Waals surface area (Å²) in [6, 6.07) is 24.0. The molecule has 0 aliphatic heterocycles. The quantitative estimate of drug-likeness (QED) is 0.289. The third-order valence-electron chi connectivity index (χ3n) is 6.09. The first kappa shape index (κ1) is 24.6. The number of aromatic nitrogens is 2. The predicted octanol–water partition coefficient (Wildman–Crippen LogP) is 6.83. The SMILES string of the molecule is C[S+](O)c1cccc(-c2ccc(-n3cc(C(C)(C)O)nc3C(C)(C)c3ccccc3Cl)cc2)c1. The van der Waals surface area contributed by atoms with Crippen molar-refractivity contribution in [2.75, 3.05) is 6.26 Å². The van der Waals surface area contributed by atoms with Gasteiger partial charge in [-0.05, 0) is 68.7 Å². The largest absolute Gasteiger partial charge is 0.384 e. The van der Waals surface area contributed by atoms with Gasteiger partial charge in [-0.25, -0.2) is 4.98 Å². The normalized spacial score (nSPS) is 13.2. The van der Waals surface area contributed by atoms with Gasteiger partial charge < -0.3 is 9.67 Å². The van der Waals surface area contributed by atoms with Crippen LogP contribution in [0.5, 0.6) is 0 Å². The van der Waals surface area contributed by atoms with Gasteiger partial charge in [-0.1, -0.05) is 54.1 Å². The van der Waals surface area contributed by atoms with E-state index in [1.165, 1.54) is 0 Å². The molecule has 0 spiro atoms. The molecule has 2 N–H and O–H groups in total. The maximum absolute atomic E-state index is 10.7. The Morgan fingerprint density at radius 3 is 2.18 bits per heavy atom. The highest BCUT2D eigenvalue weighted by Crippen LogP contribution is 2.37. The van der Waals surface area contributed by atoms with Crippen molar-refractivity contribution >= 4 is 22.8 Å². The zero-order chi connectivity index (χ0) is 24.7. The van der Waals surface area contributed by atoms with Crippen LogP contribution >= 0.6 is 11.6 Å². The Labute approximate surface area is 209 Å². The molecular weight excluding hydrogens is 464 g/mol. The van der Waals surface area contributed by atoms with Crippen LogP contribution in [0.3, 0.4) is 0 Å². The Morgan fingerprint density at radius 2 is 1.56 bits per heavy atom. The molecule has 3 aromatic carbocycles. The van der Waals surface area contributed by atoms with E-state index in [9.17, 15) is 9.66 Å². The van der Waals surface area contributed by atoms with E-state index in [1.807, 2.05) is 59.3 Å². The molecule has 4 aromatic rings. The molecule has 4 nitrogen and oxygen atoms in total. The first-order valence-electron chi connectivity index (χ1n) is 11.1. The molecule has 0 radical (unpaired) electrons. The molecule has 0 saturated carbocycles. The van der Waals surface area contributed by atoms with Crippen LogP contribution in [0.2, 0.25) is 5.02 Å². The molecule has 0 amide bonds. The number of aliphatic hydroxyl groups is 1. The van der Waals surface area contributed by atoms with Crippen LogP contribution in [-0.2, 0) is 22.2 Å². The Morgan fingerprint density at radius 1 is 0.882 bits per heavy atom. The fraction of sp³-hybridized carbons (Fsp3) is 0.250. The van der Waals surface area contributed by atoms with Gasteiger partial charge in [0.15, 0.2) is 16.1 Å². The molecule has 0 aliphatic carbocycles. The van der Waals surface area contributed by atoms with Crippen LogP contribution in [0.15, 0.2) is 83.9 Å². The molecule has 1 heterocycles. The van der Waals surface area contributed by atoms with Crippen LogP contribution in [0, 0.1) is 0 Å². The zero-order valence-corrected chi connectivity index (χ0v) is 21.7. The van der Waals surface area contributed by atoms with Crippen LogP contribution < -0.4 is 0 Å². The van der Waals surface area contributed by atoms with Gasteiger partial charge in [0.05, 0.1) is 5.69 Å². The second kappa shape index (κ2) is 9.23. The summed E-state index contributed by atoms with van der Waals surface area (Å²) < 4.78 is 12.0. The van der Waals surface area contributed by atoms with Crippen LogP contribution in [0.4, 0.5) is 0 Å². The van der Waals surface area contributed by atoms with Gasteiger partial charge in [0.2, 0.25) is 0 Å². The van der Waals surface area contributed by atoms with Crippen molar-refractivity contribution in [3.05, 3.63) is 101 Å². The summed E-state index contributed by atoms with van der Waals surface area (Å²) in [5.74, 6) is 0.794. The number of hydrogen-bond donors (Lipinski definition) is 2. The van der Waals surface area contributed by atoms with Gasteiger partial charge in [-0.3, -0.25) is 0 Å². The summed E-state index contributed by atoms with van der Waals surface area (Å²) in [6.45, 7) is 7.67. The predicted molar refractivity (Wildman–Crippen MR) is 142 cm³/mol. The standard InChI is InChI=1S/C28H30ClN2O2S/c1-27(2,23-11-6-7-12-24(23)29)26-30-25(28(3,4)32)18-31(26)21-15-13-19(14-16-21)20-9-8-10-22(17-20)34(5)33/h6-18,32-33H,1-5H3/q+1. The van der Waals surface area contributed by atoms with Crippen molar-refractivity contribution in [1.29, 1.82) is 0 Å². The first-order chi connectivity index (χ1) is 16.0. The lowest BCUT2D eigenvalue weighted by molar-refractivity contribution is 0.0741. The van der Waals surface area contributed by atoms with Crippen molar-refractivity contribution in [3.63, 3.8) is 0 Å². The molecule has 1 atom stereocenters. The van der Waals surface area contributed by atoms with E-state index < -0.39 is 22.2 Å². The fourth-order valence-electron chi connectivity index (χ4n) is 4.08. The lowest BCUT2D eigenvalue weighted by Gasteiger charge is -2.27. The smallest absolute Gasteiger partial charge is 0.190 e. The molecule has 34 heavy (non-hydrogen) atoms. The van der Waals surface area contributed by atoms with Gasteiger partial charge >= 0.3 is 0 Å². The van der Waals surface area contributed by atoms with Crippen LogP contribution in [-0.4, -0.2) is 25.5 Å². The second-order valence-electron chi connectivity index (χ2n) is 9.54. The Kier molecular flexibility index (Phi) is 6.67. The topological polar surface area (TPSA) is 58.3 Å². The van der Waals surface area contributed by atoms with Crippen LogP contribution in [0.25, 0.3) is 16.8 Å². The van der Waals surface area contributed by atoms with Crippen molar-refractivity contribution in [3.8, 4) is 16.8 Å². The Balaban J connectivity index is 1.81. The van der Waals surface area contributed by atoms with Crippen molar-refractivity contribution < 1.29 is 9.66 Å². The summed E-state index contributed by atoms with van der Waals surface area (Å²) in [4.78, 5) is 5.80. The fourth-order valence-corrected chi connectivity index (χ4v) is 5.02. The molecule has 0 aliphatic rings. The maximum atomic E-state index is 10.7. The number of hydrogen-bond acceptors (Lipinski definition) is 3. The van der Waals surface area contributed by atoms with E-state index in [2.05, 4.69) is 38.1 Å². The summed E-state index contributed by atoms with van der Waals surface area (Å²) >= 11 is 5.79. The summed E-state index contributed by atoms with van der Waals surface area (Å²) in [6.07, 6.45) is 3.70. The molecule has 176 valence electrons. The minimum atomic E-state index is -1.08. The zero-order valence-electron chi connectivity index (χ0n) is 20.1. The van der Waals surface area contributed by atoms with E-state index in [0.717, 1.165) is 33.1 Å². The minimum Gasteiger partial charge on any atom is -0.384 e. The van der Waals surface area contributed by atoms with E-state index in [4.69, 9.17) is 16.6 Å². The number of nitrogens with zero attached hydrogens (tertiary/aromatic N) is 2. The van der Waals surface area contributed by atoms with E-state index in [-0.39, 0.29) is 0 Å². The molecule has 6 heteroatoms. The molecule has 1 unspecified atom stereocenters. The average Bonchev–Trinajstić information content (AvgIpc) is 3.27. The Hall–Kier alpha value is -2.57. The maximum Gasteiger partial charge on any atom is 0.190 e. The Bertz CT molecular complexity index is 1300. The van der Waals surface area contributed by atoms with Gasteiger partial charge in [-0.2, -0.15) is 4.55 Å². The summed E-state index contributed by atoms with van der Waals surface area (Å²) in [5, 5.41) is 11.4. The number of halogens is 1. The molecule has 0 bridgehead atoms. The lowest BCUT2D eigenvalue weighted by Crippen LogP contribution is -2.25. The highest BCUT2D eigenvalue weighted by Gasteiger charge is 2.33. The highest BCUT2D eigenvalue weighted by molar-refractivity contribution is 7.90. The van der Waals surface area contributed by atoms with Crippen LogP contribution in [0.1, 0.15) is 44.8 Å². The third-order valence-corrected chi connectivity index (χ3v) is 7.36. The van der Waals surface area contributed by atoms with Crippen molar-refractivity contribution in [1.82, 2.24) is 9.55 Å². The van der Waals surface area contributed by atoms with E-state index in [0.29, 0.717) is 10.7 Å². The highest BCUT2D eigenvalue weighted by atomic mass is 35.5. The van der Waals surface area contributed by atoms with Gasteiger partial charge in [0.1, 0.15) is 17.7 Å². The lowest BCUT2D eigenvalue weighted by atomic mass is 9.83. The van der Waals surface area contributed by atoms with Gasteiger partial charge in [-0.15, -0.1) is 0 Å². The molecular formula is C28H30ClN2O2S+. The second-order valence-corrected chi connectivity index (χ2v) is 11.4. The van der Waals surface area contributed by atoms with Crippen molar-refractivity contribution in [2.45, 2.75) is 43.6 Å². The first-order valence-corrected chi connectivity index (χ1v) is 13.1. The van der Waals surface area contributed by atoms with Gasteiger partial charge in [0, 0.05) is 28.4 Å². The molecule has 0 fully saturated rings. The summed E-state index contributed by atoms with van der Waals surface area (Å²) in [5.41, 5.74) is 3.03. The number of imidazole rings is 1. The van der Waals surface area contributed by atoms with Gasteiger partial charge in [0.25, 0.3) is 0 Å². The van der Waals surface area contributed by atoms with E-state index in [1.54, 1.807) is 20.1 Å². The van der Waals surface area contributed by atoms with Crippen molar-refractivity contribution in [2.24, 2.45) is 0 Å².